The number of halogens is 4. The van der Waals surface area contributed by atoms with Crippen molar-refractivity contribution >= 4 is 16.6 Å². The highest BCUT2D eigenvalue weighted by atomic mass is 19.4. The van der Waals surface area contributed by atoms with Crippen molar-refractivity contribution in [2.24, 2.45) is 5.84 Å². The maximum Gasteiger partial charge on any atom is 0.433 e. The van der Waals surface area contributed by atoms with E-state index < -0.39 is 17.7 Å². The molecule has 0 radical (unpaired) electrons. The van der Waals surface area contributed by atoms with Gasteiger partial charge in [0.1, 0.15) is 17.0 Å². The lowest BCUT2D eigenvalue weighted by Crippen LogP contribution is -2.13. The van der Waals surface area contributed by atoms with Gasteiger partial charge in [0.2, 0.25) is 0 Å². The van der Waals surface area contributed by atoms with Gasteiger partial charge < -0.3 is 5.43 Å². The van der Waals surface area contributed by atoms with Crippen LogP contribution in [0.2, 0.25) is 0 Å². The summed E-state index contributed by atoms with van der Waals surface area (Å²) in [6.45, 7) is 0. The smallest absolute Gasteiger partial charge is 0.323 e. The van der Waals surface area contributed by atoms with Crippen LogP contribution in [0.1, 0.15) is 5.69 Å². The van der Waals surface area contributed by atoms with E-state index in [-0.39, 0.29) is 16.6 Å². The molecule has 90 valence electrons. The Kier molecular flexibility index (Phi) is 2.62. The van der Waals surface area contributed by atoms with Gasteiger partial charge in [-0.05, 0) is 12.1 Å². The number of anilines is 1. The number of hydrazine groups is 1. The predicted octanol–water partition coefficient (Wildman–Crippen LogP) is 2.68. The molecule has 0 saturated heterocycles. The summed E-state index contributed by atoms with van der Waals surface area (Å²) in [5.74, 6) is 4.28. The van der Waals surface area contributed by atoms with Gasteiger partial charge in [0.05, 0.1) is 5.69 Å². The molecule has 0 aliphatic carbocycles. The van der Waals surface area contributed by atoms with Crippen molar-refractivity contribution in [2.45, 2.75) is 6.18 Å². The lowest BCUT2D eigenvalue weighted by atomic mass is 10.1. The average molecular weight is 245 g/mol. The molecule has 0 unspecified atom stereocenters. The third kappa shape index (κ3) is 2.01. The second kappa shape index (κ2) is 3.85. The third-order valence-corrected chi connectivity index (χ3v) is 2.24. The monoisotopic (exact) mass is 245 g/mol. The molecule has 7 heteroatoms. The number of nitrogen functional groups attached to an aromatic ring is 1. The number of aromatic nitrogens is 1. The number of fused-ring (bicyclic) bond motifs is 1. The minimum absolute atomic E-state index is 0.0261. The summed E-state index contributed by atoms with van der Waals surface area (Å²) in [6.07, 6.45) is -4.65. The lowest BCUT2D eigenvalue weighted by molar-refractivity contribution is -0.140. The molecule has 0 aliphatic heterocycles. The Morgan fingerprint density at radius 3 is 2.53 bits per heavy atom. The van der Waals surface area contributed by atoms with Gasteiger partial charge in [-0.2, -0.15) is 13.2 Å². The van der Waals surface area contributed by atoms with Gasteiger partial charge in [-0.15, -0.1) is 0 Å². The summed E-state index contributed by atoms with van der Waals surface area (Å²) in [5.41, 5.74) is 0.520. The molecular weight excluding hydrogens is 238 g/mol. The number of nitrogens with zero attached hydrogens (tertiary/aromatic N) is 1. The predicted molar refractivity (Wildman–Crippen MR) is 54.5 cm³/mol. The molecule has 0 fully saturated rings. The van der Waals surface area contributed by atoms with Crippen LogP contribution in [-0.2, 0) is 6.18 Å². The number of nitrogens with two attached hydrogens (primary N) is 1. The molecule has 1 aromatic carbocycles. The Hall–Kier alpha value is -1.89. The van der Waals surface area contributed by atoms with Crippen LogP contribution in [0.4, 0.5) is 23.2 Å². The van der Waals surface area contributed by atoms with E-state index in [0.717, 1.165) is 12.1 Å². The van der Waals surface area contributed by atoms with Gasteiger partial charge in [0, 0.05) is 5.39 Å². The standard InChI is InChI=1S/C10H7F4N3/c11-6-3-1-2-5-7(17-15)4-8(10(12,13)14)16-9(5)6/h1-4H,15H2,(H,16,17). The highest BCUT2D eigenvalue weighted by molar-refractivity contribution is 5.91. The maximum absolute atomic E-state index is 13.4. The van der Waals surface area contributed by atoms with Crippen molar-refractivity contribution in [3.8, 4) is 0 Å². The van der Waals surface area contributed by atoms with Crippen LogP contribution in [-0.4, -0.2) is 4.98 Å². The van der Waals surface area contributed by atoms with Crippen LogP contribution in [0, 0.1) is 5.82 Å². The molecular formula is C10H7F4N3. The highest BCUT2D eigenvalue weighted by Crippen LogP contribution is 2.33. The van der Waals surface area contributed by atoms with Crippen LogP contribution >= 0.6 is 0 Å². The fourth-order valence-corrected chi connectivity index (χ4v) is 1.48. The number of hydrogen-bond donors (Lipinski definition) is 2. The van der Waals surface area contributed by atoms with Gasteiger partial charge >= 0.3 is 6.18 Å². The number of nitrogens with one attached hydrogen (secondary N) is 1. The molecule has 0 spiro atoms. The molecule has 2 rings (SSSR count). The summed E-state index contributed by atoms with van der Waals surface area (Å²) >= 11 is 0. The van der Waals surface area contributed by atoms with Crippen molar-refractivity contribution in [3.05, 3.63) is 35.8 Å². The highest BCUT2D eigenvalue weighted by Gasteiger charge is 2.33. The summed E-state index contributed by atoms with van der Waals surface area (Å²) in [7, 11) is 0. The van der Waals surface area contributed by atoms with Gasteiger partial charge in [-0.3, -0.25) is 5.84 Å². The van der Waals surface area contributed by atoms with Crippen molar-refractivity contribution in [2.75, 3.05) is 5.43 Å². The zero-order chi connectivity index (χ0) is 12.6. The van der Waals surface area contributed by atoms with E-state index in [9.17, 15) is 17.6 Å². The maximum atomic E-state index is 13.4. The largest absolute Gasteiger partial charge is 0.433 e. The number of para-hydroxylation sites is 1. The first-order valence-electron chi connectivity index (χ1n) is 4.56. The minimum Gasteiger partial charge on any atom is -0.323 e. The average Bonchev–Trinajstić information content (AvgIpc) is 2.27. The van der Waals surface area contributed by atoms with Crippen molar-refractivity contribution in [3.63, 3.8) is 0 Å². The van der Waals surface area contributed by atoms with Gasteiger partial charge in [-0.1, -0.05) is 12.1 Å². The Morgan fingerprint density at radius 2 is 1.94 bits per heavy atom. The van der Waals surface area contributed by atoms with Gasteiger partial charge in [0.15, 0.2) is 0 Å². The fraction of sp³-hybridized carbons (Fsp3) is 0.100. The Labute approximate surface area is 93.2 Å². The number of benzene rings is 1. The molecule has 0 bridgehead atoms. The number of alkyl halides is 3. The van der Waals surface area contributed by atoms with Crippen molar-refractivity contribution < 1.29 is 17.6 Å². The summed E-state index contributed by atoms with van der Waals surface area (Å²) in [4.78, 5) is 3.26. The first kappa shape index (κ1) is 11.6. The van der Waals surface area contributed by atoms with Crippen molar-refractivity contribution in [1.82, 2.24) is 4.98 Å². The molecule has 0 saturated carbocycles. The van der Waals surface area contributed by atoms with Crippen LogP contribution in [0.5, 0.6) is 0 Å². The van der Waals surface area contributed by atoms with Crippen LogP contribution < -0.4 is 11.3 Å². The summed E-state index contributed by atoms with van der Waals surface area (Å²) < 4.78 is 50.9. The summed E-state index contributed by atoms with van der Waals surface area (Å²) in [6, 6.07) is 4.58. The molecule has 0 atom stereocenters. The molecule has 17 heavy (non-hydrogen) atoms. The second-order valence-corrected chi connectivity index (χ2v) is 3.33. The molecule has 3 N–H and O–H groups in total. The van der Waals surface area contributed by atoms with E-state index in [1.807, 2.05) is 0 Å². The minimum atomic E-state index is -4.65. The first-order valence-corrected chi connectivity index (χ1v) is 4.56. The molecule has 1 heterocycles. The molecule has 0 amide bonds. The zero-order valence-corrected chi connectivity index (χ0v) is 8.35. The quantitative estimate of drug-likeness (QED) is 0.461. The van der Waals surface area contributed by atoms with Gasteiger partial charge in [-0.25, -0.2) is 9.37 Å². The third-order valence-electron chi connectivity index (χ3n) is 2.24. The normalized spacial score (nSPS) is 11.8. The topological polar surface area (TPSA) is 50.9 Å². The van der Waals surface area contributed by atoms with E-state index in [1.54, 1.807) is 0 Å². The van der Waals surface area contributed by atoms with Crippen LogP contribution in [0.15, 0.2) is 24.3 Å². The summed E-state index contributed by atoms with van der Waals surface area (Å²) in [5, 5.41) is 0.195. The SMILES string of the molecule is NNc1cc(C(F)(F)F)nc2c(F)cccc12. The van der Waals surface area contributed by atoms with E-state index >= 15 is 0 Å². The molecule has 3 nitrogen and oxygen atoms in total. The lowest BCUT2D eigenvalue weighted by Gasteiger charge is -2.11. The molecule has 0 aliphatic rings. The fourth-order valence-electron chi connectivity index (χ4n) is 1.48. The number of hydrogen-bond acceptors (Lipinski definition) is 3. The van der Waals surface area contributed by atoms with E-state index in [2.05, 4.69) is 10.4 Å². The Balaban J connectivity index is 2.81. The number of pyridine rings is 1. The van der Waals surface area contributed by atoms with E-state index in [4.69, 9.17) is 5.84 Å². The van der Waals surface area contributed by atoms with E-state index in [0.29, 0.717) is 0 Å². The zero-order valence-electron chi connectivity index (χ0n) is 8.35. The second-order valence-electron chi connectivity index (χ2n) is 3.33. The Bertz CT molecular complexity index is 565. The number of rotatable bonds is 1. The Morgan fingerprint density at radius 1 is 1.24 bits per heavy atom. The van der Waals surface area contributed by atoms with Crippen LogP contribution in [0.3, 0.4) is 0 Å². The molecule has 1 aromatic heterocycles. The van der Waals surface area contributed by atoms with Crippen molar-refractivity contribution in [1.29, 1.82) is 0 Å². The van der Waals surface area contributed by atoms with Crippen LogP contribution in [0.25, 0.3) is 10.9 Å². The van der Waals surface area contributed by atoms with Gasteiger partial charge in [0.25, 0.3) is 0 Å². The van der Waals surface area contributed by atoms with E-state index in [1.165, 1.54) is 12.1 Å². The first-order chi connectivity index (χ1) is 7.93. The molecule has 2 aromatic rings.